The van der Waals surface area contributed by atoms with Gasteiger partial charge in [0.25, 0.3) is 0 Å². The number of unbranched alkanes of at least 4 members (excludes halogenated alkanes) is 2. The Morgan fingerprint density at radius 2 is 2.00 bits per heavy atom. The second-order valence-corrected chi connectivity index (χ2v) is 4.14. The SMILES string of the molecule is CCCCC[C@H](/C=C/I)OCCOCC. The Hall–Kier alpha value is 0.390. The van der Waals surface area contributed by atoms with Crippen LogP contribution in [0.15, 0.2) is 10.2 Å². The molecule has 1 atom stereocenters. The molecule has 0 N–H and O–H groups in total. The third kappa shape index (κ3) is 10.7. The third-order valence-electron chi connectivity index (χ3n) is 2.14. The number of rotatable bonds is 10. The molecule has 0 radical (unpaired) electrons. The van der Waals surface area contributed by atoms with E-state index in [0.717, 1.165) is 13.0 Å². The van der Waals surface area contributed by atoms with E-state index in [2.05, 4.69) is 35.6 Å². The van der Waals surface area contributed by atoms with E-state index in [4.69, 9.17) is 9.47 Å². The second kappa shape index (κ2) is 12.5. The number of ether oxygens (including phenoxy) is 2. The van der Waals surface area contributed by atoms with Crippen molar-refractivity contribution in [2.75, 3.05) is 19.8 Å². The van der Waals surface area contributed by atoms with Crippen LogP contribution in [0.25, 0.3) is 0 Å². The topological polar surface area (TPSA) is 18.5 Å². The van der Waals surface area contributed by atoms with Gasteiger partial charge in [0.05, 0.1) is 19.3 Å². The molecule has 0 aromatic heterocycles. The van der Waals surface area contributed by atoms with Gasteiger partial charge in [-0.1, -0.05) is 48.8 Å². The predicted octanol–water partition coefficient (Wildman–Crippen LogP) is 3.94. The fraction of sp³-hybridized carbons (Fsp3) is 0.833. The second-order valence-electron chi connectivity index (χ2n) is 3.42. The van der Waals surface area contributed by atoms with Crippen LogP contribution in [-0.2, 0) is 9.47 Å². The van der Waals surface area contributed by atoms with E-state index in [9.17, 15) is 0 Å². The van der Waals surface area contributed by atoms with Gasteiger partial charge in [-0.25, -0.2) is 0 Å². The molecule has 0 aliphatic carbocycles. The van der Waals surface area contributed by atoms with E-state index in [1.165, 1.54) is 19.3 Å². The average molecular weight is 326 g/mol. The zero-order valence-electron chi connectivity index (χ0n) is 9.88. The first-order valence-electron chi connectivity index (χ1n) is 5.81. The van der Waals surface area contributed by atoms with Crippen LogP contribution in [-0.4, -0.2) is 25.9 Å². The smallest absolute Gasteiger partial charge is 0.0764 e. The third-order valence-corrected chi connectivity index (χ3v) is 2.56. The Balaban J connectivity index is 3.54. The van der Waals surface area contributed by atoms with Crippen LogP contribution in [0, 0.1) is 0 Å². The maximum Gasteiger partial charge on any atom is 0.0764 e. The van der Waals surface area contributed by atoms with Crippen LogP contribution < -0.4 is 0 Å². The summed E-state index contributed by atoms with van der Waals surface area (Å²) in [5, 5.41) is 0. The average Bonchev–Trinajstić information content (AvgIpc) is 2.24. The molecule has 0 saturated carbocycles. The normalized spacial score (nSPS) is 13.5. The van der Waals surface area contributed by atoms with Crippen LogP contribution >= 0.6 is 22.6 Å². The molecule has 0 spiro atoms. The molecule has 0 saturated heterocycles. The molecule has 0 unspecified atom stereocenters. The maximum absolute atomic E-state index is 5.71. The molecular formula is C12H23IO2. The molecule has 2 nitrogen and oxygen atoms in total. The standard InChI is InChI=1S/C12H23IO2/c1-3-5-6-7-12(8-9-13)15-11-10-14-4-2/h8-9,12H,3-7,10-11H2,1-2H3/b9-8+/t12-/m1/s1. The summed E-state index contributed by atoms with van der Waals surface area (Å²) in [4.78, 5) is 0. The highest BCUT2D eigenvalue weighted by Crippen LogP contribution is 2.09. The molecule has 15 heavy (non-hydrogen) atoms. The molecule has 0 aromatic carbocycles. The lowest BCUT2D eigenvalue weighted by Gasteiger charge is -2.13. The van der Waals surface area contributed by atoms with E-state index in [0.29, 0.717) is 13.2 Å². The zero-order chi connectivity index (χ0) is 11.4. The highest BCUT2D eigenvalue weighted by Gasteiger charge is 2.03. The van der Waals surface area contributed by atoms with Crippen molar-refractivity contribution in [2.24, 2.45) is 0 Å². The first-order chi connectivity index (χ1) is 7.35. The van der Waals surface area contributed by atoms with Crippen LogP contribution in [0.1, 0.15) is 39.5 Å². The van der Waals surface area contributed by atoms with Gasteiger partial charge in [0.15, 0.2) is 0 Å². The Bertz CT molecular complexity index is 149. The molecule has 0 aliphatic rings. The van der Waals surface area contributed by atoms with Crippen molar-refractivity contribution in [2.45, 2.75) is 45.6 Å². The molecule has 90 valence electrons. The fourth-order valence-electron chi connectivity index (χ4n) is 1.31. The minimum absolute atomic E-state index is 0.272. The molecule has 0 bridgehead atoms. The van der Waals surface area contributed by atoms with Crippen molar-refractivity contribution in [1.82, 2.24) is 0 Å². The summed E-state index contributed by atoms with van der Waals surface area (Å²) in [6.07, 6.45) is 7.33. The van der Waals surface area contributed by atoms with Crippen molar-refractivity contribution in [1.29, 1.82) is 0 Å². The van der Waals surface area contributed by atoms with E-state index >= 15 is 0 Å². The van der Waals surface area contributed by atoms with Gasteiger partial charge in [-0.2, -0.15) is 0 Å². The summed E-state index contributed by atoms with van der Waals surface area (Å²) >= 11 is 2.24. The van der Waals surface area contributed by atoms with Crippen LogP contribution in [0.3, 0.4) is 0 Å². The van der Waals surface area contributed by atoms with Gasteiger partial charge < -0.3 is 9.47 Å². The largest absolute Gasteiger partial charge is 0.379 e. The fourth-order valence-corrected chi connectivity index (χ4v) is 1.78. The van der Waals surface area contributed by atoms with Gasteiger partial charge in [-0.3, -0.25) is 0 Å². The minimum atomic E-state index is 0.272. The van der Waals surface area contributed by atoms with Crippen LogP contribution in [0.5, 0.6) is 0 Å². The summed E-state index contributed by atoms with van der Waals surface area (Å²) in [5.41, 5.74) is 0. The van der Waals surface area contributed by atoms with Crippen molar-refractivity contribution >= 4 is 22.6 Å². The number of hydrogen-bond donors (Lipinski definition) is 0. The molecule has 0 aromatic rings. The predicted molar refractivity (Wildman–Crippen MR) is 73.5 cm³/mol. The van der Waals surface area contributed by atoms with E-state index in [1.807, 2.05) is 11.0 Å². The Morgan fingerprint density at radius 1 is 1.20 bits per heavy atom. The highest BCUT2D eigenvalue weighted by atomic mass is 127. The molecule has 0 rings (SSSR count). The molecule has 0 amide bonds. The molecular weight excluding hydrogens is 303 g/mol. The van der Waals surface area contributed by atoms with Gasteiger partial charge >= 0.3 is 0 Å². The quantitative estimate of drug-likeness (QED) is 0.447. The Labute approximate surface area is 108 Å². The lowest BCUT2D eigenvalue weighted by atomic mass is 10.1. The van der Waals surface area contributed by atoms with Crippen LogP contribution in [0.2, 0.25) is 0 Å². The van der Waals surface area contributed by atoms with Crippen LogP contribution in [0.4, 0.5) is 0 Å². The summed E-state index contributed by atoms with van der Waals surface area (Å²) in [7, 11) is 0. The number of halogens is 1. The first kappa shape index (κ1) is 15.4. The van der Waals surface area contributed by atoms with Crippen molar-refractivity contribution in [3.8, 4) is 0 Å². The van der Waals surface area contributed by atoms with Crippen molar-refractivity contribution < 1.29 is 9.47 Å². The van der Waals surface area contributed by atoms with Gasteiger partial charge in [-0.15, -0.1) is 0 Å². The van der Waals surface area contributed by atoms with E-state index in [-0.39, 0.29) is 6.10 Å². The molecule has 0 fully saturated rings. The summed E-state index contributed by atoms with van der Waals surface area (Å²) in [6, 6.07) is 0. The zero-order valence-corrected chi connectivity index (χ0v) is 12.0. The molecule has 0 heterocycles. The van der Waals surface area contributed by atoms with Crippen molar-refractivity contribution in [3.63, 3.8) is 0 Å². The maximum atomic E-state index is 5.71. The monoisotopic (exact) mass is 326 g/mol. The van der Waals surface area contributed by atoms with Gasteiger partial charge in [0, 0.05) is 6.61 Å². The lowest BCUT2D eigenvalue weighted by molar-refractivity contribution is 0.0232. The van der Waals surface area contributed by atoms with Gasteiger partial charge in [0.2, 0.25) is 0 Å². The van der Waals surface area contributed by atoms with Gasteiger partial charge in [-0.05, 0) is 23.5 Å². The molecule has 0 aliphatic heterocycles. The Kier molecular flexibility index (Phi) is 12.8. The Morgan fingerprint density at radius 3 is 2.60 bits per heavy atom. The summed E-state index contributed by atoms with van der Waals surface area (Å²) in [6.45, 7) is 6.40. The lowest BCUT2D eigenvalue weighted by Crippen LogP contribution is -2.14. The summed E-state index contributed by atoms with van der Waals surface area (Å²) in [5.74, 6) is 0. The first-order valence-corrected chi connectivity index (χ1v) is 7.05. The van der Waals surface area contributed by atoms with Gasteiger partial charge in [0.1, 0.15) is 0 Å². The molecule has 3 heteroatoms. The summed E-state index contributed by atoms with van der Waals surface area (Å²) < 4.78 is 13.0. The number of hydrogen-bond acceptors (Lipinski definition) is 2. The van der Waals surface area contributed by atoms with Crippen molar-refractivity contribution in [3.05, 3.63) is 10.2 Å². The van der Waals surface area contributed by atoms with E-state index < -0.39 is 0 Å². The highest BCUT2D eigenvalue weighted by molar-refractivity contribution is 14.1. The minimum Gasteiger partial charge on any atom is -0.379 e. The van der Waals surface area contributed by atoms with E-state index in [1.54, 1.807) is 0 Å².